The number of carboxylic acids is 1. The Morgan fingerprint density at radius 3 is 2.55 bits per heavy atom. The van der Waals surface area contributed by atoms with Gasteiger partial charge in [0, 0.05) is 22.5 Å². The lowest BCUT2D eigenvalue weighted by molar-refractivity contribution is -0.136. The van der Waals surface area contributed by atoms with Crippen LogP contribution in [-0.4, -0.2) is 29.3 Å². The number of hydrogen-bond donors (Lipinski definition) is 1. The standard InChI is InChI=1S/C27H28FNO4/c1-5-32-19-10-8-18(9-11-19)25-17(4)29-16(3)22(14-24(30)31)26(25)21-13-23(28)27-20(15(21)2)7-6-12-33-27/h8-11,13H,5-7,12,14H2,1-4H3,(H,30,31). The van der Waals surface area contributed by atoms with Gasteiger partial charge in [-0.25, -0.2) is 4.39 Å². The highest BCUT2D eigenvalue weighted by Crippen LogP contribution is 2.44. The smallest absolute Gasteiger partial charge is 0.307 e. The largest absolute Gasteiger partial charge is 0.494 e. The average molecular weight is 450 g/mol. The number of fused-ring (bicyclic) bond motifs is 1. The van der Waals surface area contributed by atoms with E-state index in [1.54, 1.807) is 0 Å². The minimum absolute atomic E-state index is 0.201. The summed E-state index contributed by atoms with van der Waals surface area (Å²) in [6.45, 7) is 8.66. The monoisotopic (exact) mass is 449 g/mol. The minimum Gasteiger partial charge on any atom is -0.494 e. The molecule has 0 spiro atoms. The first kappa shape index (κ1) is 22.8. The van der Waals surface area contributed by atoms with Crippen molar-refractivity contribution in [1.82, 2.24) is 4.98 Å². The molecule has 0 saturated heterocycles. The lowest BCUT2D eigenvalue weighted by Crippen LogP contribution is -2.14. The number of carbonyl (C=O) groups is 1. The molecule has 2 heterocycles. The second kappa shape index (κ2) is 9.22. The molecule has 1 N–H and O–H groups in total. The zero-order valence-electron chi connectivity index (χ0n) is 19.4. The van der Waals surface area contributed by atoms with Gasteiger partial charge >= 0.3 is 5.97 Å². The fraction of sp³-hybridized carbons (Fsp3) is 0.333. The fourth-order valence-electron chi connectivity index (χ4n) is 4.71. The van der Waals surface area contributed by atoms with E-state index in [0.29, 0.717) is 35.8 Å². The maximum atomic E-state index is 15.2. The lowest BCUT2D eigenvalue weighted by atomic mass is 9.84. The molecule has 4 rings (SSSR count). The van der Waals surface area contributed by atoms with Gasteiger partial charge in [-0.3, -0.25) is 9.78 Å². The van der Waals surface area contributed by atoms with E-state index in [9.17, 15) is 9.90 Å². The molecule has 1 aliphatic heterocycles. The van der Waals surface area contributed by atoms with Crippen LogP contribution in [0.3, 0.4) is 0 Å². The number of aryl methyl sites for hydroxylation is 2. The highest BCUT2D eigenvalue weighted by Gasteiger charge is 2.26. The molecule has 0 saturated carbocycles. The van der Waals surface area contributed by atoms with Crippen LogP contribution >= 0.6 is 0 Å². The van der Waals surface area contributed by atoms with E-state index in [2.05, 4.69) is 4.98 Å². The molecule has 172 valence electrons. The second-order valence-electron chi connectivity index (χ2n) is 8.33. The number of benzene rings is 2. The minimum atomic E-state index is -0.956. The third-order valence-corrected chi connectivity index (χ3v) is 6.17. The number of carboxylic acid groups (broad SMARTS) is 1. The number of pyridine rings is 1. The Balaban J connectivity index is 2.04. The van der Waals surface area contributed by atoms with E-state index >= 15 is 4.39 Å². The Hall–Kier alpha value is -3.41. The van der Waals surface area contributed by atoms with Crippen molar-refractivity contribution in [3.63, 3.8) is 0 Å². The van der Waals surface area contributed by atoms with E-state index in [-0.39, 0.29) is 6.42 Å². The average Bonchev–Trinajstić information content (AvgIpc) is 2.79. The predicted molar refractivity (Wildman–Crippen MR) is 126 cm³/mol. The molecule has 0 amide bonds. The van der Waals surface area contributed by atoms with Crippen LogP contribution in [0.4, 0.5) is 4.39 Å². The summed E-state index contributed by atoms with van der Waals surface area (Å²) in [5.41, 5.74) is 6.83. The number of nitrogens with zero attached hydrogens (tertiary/aromatic N) is 1. The van der Waals surface area contributed by atoms with E-state index in [0.717, 1.165) is 52.1 Å². The molecule has 6 heteroatoms. The summed E-state index contributed by atoms with van der Waals surface area (Å²) in [5.74, 6) is -0.315. The number of hydrogen-bond acceptors (Lipinski definition) is 4. The molecule has 3 aromatic rings. The molecule has 0 bridgehead atoms. The summed E-state index contributed by atoms with van der Waals surface area (Å²) in [5, 5.41) is 9.67. The van der Waals surface area contributed by atoms with E-state index in [1.807, 2.05) is 52.0 Å². The summed E-state index contributed by atoms with van der Waals surface area (Å²) in [6.07, 6.45) is 1.34. The van der Waals surface area contributed by atoms with Gasteiger partial charge in [-0.1, -0.05) is 12.1 Å². The van der Waals surface area contributed by atoms with Crippen LogP contribution in [0.2, 0.25) is 0 Å². The molecule has 0 radical (unpaired) electrons. The van der Waals surface area contributed by atoms with Crippen LogP contribution in [0, 0.1) is 26.6 Å². The summed E-state index contributed by atoms with van der Waals surface area (Å²) in [7, 11) is 0. The van der Waals surface area contributed by atoms with Crippen LogP contribution in [0.25, 0.3) is 22.3 Å². The van der Waals surface area contributed by atoms with Gasteiger partial charge in [-0.15, -0.1) is 0 Å². The maximum Gasteiger partial charge on any atom is 0.307 e. The SMILES string of the molecule is CCOc1ccc(-c2c(C)nc(C)c(CC(=O)O)c2-c2cc(F)c3c(c2C)CCCO3)cc1. The Labute approximate surface area is 193 Å². The summed E-state index contributed by atoms with van der Waals surface area (Å²) in [6, 6.07) is 9.12. The molecule has 1 aliphatic rings. The zero-order chi connectivity index (χ0) is 23.7. The van der Waals surface area contributed by atoms with Crippen LogP contribution in [0.5, 0.6) is 11.5 Å². The van der Waals surface area contributed by atoms with E-state index in [1.165, 1.54) is 6.07 Å². The van der Waals surface area contributed by atoms with Crippen molar-refractivity contribution in [3.05, 3.63) is 64.2 Å². The van der Waals surface area contributed by atoms with Gasteiger partial charge in [0.25, 0.3) is 0 Å². The first-order chi connectivity index (χ1) is 15.8. The molecule has 0 aliphatic carbocycles. The summed E-state index contributed by atoms with van der Waals surface area (Å²) < 4.78 is 26.4. The number of rotatable bonds is 6. The third kappa shape index (κ3) is 4.30. The Kier molecular flexibility index (Phi) is 6.36. The number of aliphatic carboxylic acids is 1. The number of aromatic nitrogens is 1. The quantitative estimate of drug-likeness (QED) is 0.513. The van der Waals surface area contributed by atoms with Crippen molar-refractivity contribution in [3.8, 4) is 33.8 Å². The second-order valence-corrected chi connectivity index (χ2v) is 8.33. The molecule has 33 heavy (non-hydrogen) atoms. The van der Waals surface area contributed by atoms with Crippen LogP contribution in [0.15, 0.2) is 30.3 Å². The van der Waals surface area contributed by atoms with Crippen molar-refractivity contribution in [1.29, 1.82) is 0 Å². The predicted octanol–water partition coefficient (Wildman–Crippen LogP) is 5.83. The van der Waals surface area contributed by atoms with Gasteiger partial charge in [-0.2, -0.15) is 0 Å². The van der Waals surface area contributed by atoms with Crippen molar-refractivity contribution in [2.75, 3.05) is 13.2 Å². The lowest BCUT2D eigenvalue weighted by Gasteiger charge is -2.25. The van der Waals surface area contributed by atoms with E-state index in [4.69, 9.17) is 9.47 Å². The van der Waals surface area contributed by atoms with Gasteiger partial charge in [0.15, 0.2) is 11.6 Å². The van der Waals surface area contributed by atoms with Crippen molar-refractivity contribution in [2.45, 2.75) is 47.0 Å². The van der Waals surface area contributed by atoms with E-state index < -0.39 is 11.8 Å². The summed E-state index contributed by atoms with van der Waals surface area (Å²) >= 11 is 0. The van der Waals surface area contributed by atoms with Gasteiger partial charge in [0.05, 0.1) is 19.6 Å². The summed E-state index contributed by atoms with van der Waals surface area (Å²) in [4.78, 5) is 16.5. The molecule has 2 aromatic carbocycles. The Bertz CT molecular complexity index is 1220. The molecule has 0 atom stereocenters. The fourth-order valence-corrected chi connectivity index (χ4v) is 4.71. The molecule has 0 fully saturated rings. The highest BCUT2D eigenvalue weighted by atomic mass is 19.1. The molecule has 1 aromatic heterocycles. The maximum absolute atomic E-state index is 15.2. The Morgan fingerprint density at radius 2 is 1.88 bits per heavy atom. The van der Waals surface area contributed by atoms with Gasteiger partial charge in [-0.05, 0) is 86.6 Å². The van der Waals surface area contributed by atoms with Crippen LogP contribution < -0.4 is 9.47 Å². The van der Waals surface area contributed by atoms with Gasteiger partial charge in [0.1, 0.15) is 5.75 Å². The van der Waals surface area contributed by atoms with Gasteiger partial charge < -0.3 is 14.6 Å². The first-order valence-corrected chi connectivity index (χ1v) is 11.2. The molecule has 5 nitrogen and oxygen atoms in total. The van der Waals surface area contributed by atoms with Crippen molar-refractivity contribution in [2.24, 2.45) is 0 Å². The molecule has 0 unspecified atom stereocenters. The van der Waals surface area contributed by atoms with Crippen molar-refractivity contribution < 1.29 is 23.8 Å². The van der Waals surface area contributed by atoms with Gasteiger partial charge in [0.2, 0.25) is 0 Å². The zero-order valence-corrected chi connectivity index (χ0v) is 19.4. The number of halogens is 1. The molecular weight excluding hydrogens is 421 g/mol. The normalized spacial score (nSPS) is 12.8. The highest BCUT2D eigenvalue weighted by molar-refractivity contribution is 5.91. The van der Waals surface area contributed by atoms with Crippen LogP contribution in [-0.2, 0) is 17.6 Å². The topological polar surface area (TPSA) is 68.7 Å². The number of ether oxygens (including phenoxy) is 2. The Morgan fingerprint density at radius 1 is 1.15 bits per heavy atom. The van der Waals surface area contributed by atoms with Crippen LogP contribution in [0.1, 0.15) is 41.4 Å². The van der Waals surface area contributed by atoms with Crippen molar-refractivity contribution >= 4 is 5.97 Å². The molecular formula is C27H28FNO4. The third-order valence-electron chi connectivity index (χ3n) is 6.17. The first-order valence-electron chi connectivity index (χ1n) is 11.2.